The van der Waals surface area contributed by atoms with Gasteiger partial charge in [0.2, 0.25) is 17.7 Å². The Hall–Kier alpha value is -1.57. The first-order valence-corrected chi connectivity index (χ1v) is 8.11. The van der Waals surface area contributed by atoms with Crippen LogP contribution < -0.4 is 0 Å². The summed E-state index contributed by atoms with van der Waals surface area (Å²) in [6, 6.07) is 0. The minimum absolute atomic E-state index is 0.00640. The maximum absolute atomic E-state index is 13.2. The van der Waals surface area contributed by atoms with Crippen molar-refractivity contribution < 1.29 is 18.0 Å². The lowest BCUT2D eigenvalue weighted by molar-refractivity contribution is -0.143. The maximum Gasteiger partial charge on any atom is 0.251 e. The molecule has 3 rings (SSSR count). The van der Waals surface area contributed by atoms with Crippen LogP contribution in [-0.2, 0) is 11.3 Å². The van der Waals surface area contributed by atoms with Crippen LogP contribution in [0.15, 0.2) is 4.42 Å². The molecule has 0 spiro atoms. The quantitative estimate of drug-likeness (QED) is 0.847. The molecule has 0 N–H and O–H groups in total. The lowest BCUT2D eigenvalue weighted by Crippen LogP contribution is -2.48. The predicted octanol–water partition coefficient (Wildman–Crippen LogP) is 1.85. The van der Waals surface area contributed by atoms with Gasteiger partial charge in [-0.05, 0) is 19.4 Å². The van der Waals surface area contributed by atoms with E-state index in [4.69, 9.17) is 4.42 Å². The van der Waals surface area contributed by atoms with Gasteiger partial charge in [-0.25, -0.2) is 8.78 Å². The van der Waals surface area contributed by atoms with Crippen molar-refractivity contribution in [3.63, 3.8) is 0 Å². The van der Waals surface area contributed by atoms with E-state index >= 15 is 0 Å². The molecule has 0 aromatic carbocycles. The molecule has 0 aliphatic carbocycles. The number of piperidine rings is 2. The summed E-state index contributed by atoms with van der Waals surface area (Å²) in [4.78, 5) is 16.3. The Bertz CT molecular complexity index is 553. The highest BCUT2D eigenvalue weighted by atomic mass is 19.3. The number of carbonyl (C=O) groups is 1. The summed E-state index contributed by atoms with van der Waals surface area (Å²) in [5.74, 6) is -1.66. The largest absolute Gasteiger partial charge is 0.424 e. The van der Waals surface area contributed by atoms with E-state index in [0.29, 0.717) is 24.9 Å². The fraction of sp³-hybridized carbons (Fsp3) is 0.800. The van der Waals surface area contributed by atoms with Gasteiger partial charge in [0.1, 0.15) is 0 Å². The van der Waals surface area contributed by atoms with Crippen LogP contribution in [0, 0.1) is 12.8 Å². The second kappa shape index (κ2) is 6.51. The molecule has 128 valence electrons. The van der Waals surface area contributed by atoms with E-state index in [2.05, 4.69) is 15.1 Å². The third kappa shape index (κ3) is 4.04. The van der Waals surface area contributed by atoms with E-state index in [-0.39, 0.29) is 37.8 Å². The van der Waals surface area contributed by atoms with Gasteiger partial charge in [0.05, 0.1) is 12.5 Å². The van der Waals surface area contributed by atoms with Crippen molar-refractivity contribution in [2.24, 2.45) is 5.92 Å². The fourth-order valence-electron chi connectivity index (χ4n) is 3.31. The number of nitrogens with zero attached hydrogens (tertiary/aromatic N) is 4. The molecular formula is C15H22F2N4O2. The van der Waals surface area contributed by atoms with E-state index in [1.54, 1.807) is 11.8 Å². The van der Waals surface area contributed by atoms with Crippen molar-refractivity contribution in [2.75, 3.05) is 26.2 Å². The summed E-state index contributed by atoms with van der Waals surface area (Å²) in [5.41, 5.74) is 0. The van der Waals surface area contributed by atoms with Gasteiger partial charge in [-0.15, -0.1) is 10.2 Å². The summed E-state index contributed by atoms with van der Waals surface area (Å²) in [5, 5.41) is 7.78. The van der Waals surface area contributed by atoms with Gasteiger partial charge in [-0.2, -0.15) is 0 Å². The first-order valence-electron chi connectivity index (χ1n) is 8.11. The number of aromatic nitrogens is 2. The van der Waals surface area contributed by atoms with Crippen LogP contribution in [-0.4, -0.2) is 58.0 Å². The highest BCUT2D eigenvalue weighted by Crippen LogP contribution is 2.29. The van der Waals surface area contributed by atoms with Crippen molar-refractivity contribution >= 4 is 5.91 Å². The summed E-state index contributed by atoms with van der Waals surface area (Å²) in [7, 11) is 0. The topological polar surface area (TPSA) is 62.5 Å². The smallest absolute Gasteiger partial charge is 0.251 e. The molecule has 1 unspecified atom stereocenters. The summed E-state index contributed by atoms with van der Waals surface area (Å²) >= 11 is 0. The second-order valence-corrected chi connectivity index (χ2v) is 6.47. The normalized spacial score (nSPS) is 25.5. The van der Waals surface area contributed by atoms with Gasteiger partial charge in [-0.1, -0.05) is 0 Å². The first-order chi connectivity index (χ1) is 10.9. The highest BCUT2D eigenvalue weighted by molar-refractivity contribution is 5.79. The molecule has 8 heteroatoms. The molecule has 1 amide bonds. The number of amides is 1. The predicted molar refractivity (Wildman–Crippen MR) is 77.8 cm³/mol. The van der Waals surface area contributed by atoms with E-state index in [0.717, 1.165) is 19.4 Å². The van der Waals surface area contributed by atoms with Crippen molar-refractivity contribution in [3.8, 4) is 0 Å². The second-order valence-electron chi connectivity index (χ2n) is 6.47. The number of hydrogen-bond donors (Lipinski definition) is 0. The molecule has 2 fully saturated rings. The average Bonchev–Trinajstić information content (AvgIpc) is 2.92. The van der Waals surface area contributed by atoms with Crippen LogP contribution in [0.1, 0.15) is 37.5 Å². The van der Waals surface area contributed by atoms with E-state index in [1.165, 1.54) is 0 Å². The van der Waals surface area contributed by atoms with E-state index in [1.807, 2.05) is 0 Å². The Morgan fingerprint density at radius 1 is 1.30 bits per heavy atom. The lowest BCUT2D eigenvalue weighted by Gasteiger charge is -2.37. The molecule has 2 saturated heterocycles. The zero-order valence-corrected chi connectivity index (χ0v) is 13.3. The van der Waals surface area contributed by atoms with Gasteiger partial charge >= 0.3 is 0 Å². The van der Waals surface area contributed by atoms with Crippen molar-refractivity contribution in [2.45, 2.75) is 45.1 Å². The molecule has 2 aliphatic heterocycles. The Labute approximate surface area is 133 Å². The monoisotopic (exact) mass is 328 g/mol. The highest BCUT2D eigenvalue weighted by Gasteiger charge is 2.38. The van der Waals surface area contributed by atoms with Crippen LogP contribution in [0.4, 0.5) is 8.78 Å². The summed E-state index contributed by atoms with van der Waals surface area (Å²) < 4.78 is 31.8. The SMILES string of the molecule is Cc1nnc(CN2CCCC(C(=O)N3CCC(F)(F)CC3)C2)o1. The summed E-state index contributed by atoms with van der Waals surface area (Å²) in [6.45, 7) is 4.08. The maximum atomic E-state index is 13.2. The number of carbonyl (C=O) groups excluding carboxylic acids is 1. The van der Waals surface area contributed by atoms with Crippen LogP contribution in [0.25, 0.3) is 0 Å². The van der Waals surface area contributed by atoms with Crippen molar-refractivity contribution in [1.82, 2.24) is 20.0 Å². The number of aryl methyl sites for hydroxylation is 1. The molecule has 3 heterocycles. The molecule has 0 bridgehead atoms. The number of hydrogen-bond acceptors (Lipinski definition) is 5. The van der Waals surface area contributed by atoms with Crippen LogP contribution in [0.2, 0.25) is 0 Å². The number of likely N-dealkylation sites (tertiary alicyclic amines) is 2. The average molecular weight is 328 g/mol. The standard InChI is InChI=1S/C15H22F2N4O2/c1-11-18-19-13(23-11)10-20-6-2-3-12(9-20)14(22)21-7-4-15(16,17)5-8-21/h12H,2-10H2,1H3. The first kappa shape index (κ1) is 16.3. The van der Waals surface area contributed by atoms with Crippen molar-refractivity contribution in [1.29, 1.82) is 0 Å². The molecule has 2 aliphatic rings. The molecule has 1 aromatic heterocycles. The number of halogens is 2. The van der Waals surface area contributed by atoms with Crippen molar-refractivity contribution in [3.05, 3.63) is 11.8 Å². The number of rotatable bonds is 3. The zero-order valence-electron chi connectivity index (χ0n) is 13.3. The Balaban J connectivity index is 1.54. The Morgan fingerprint density at radius 3 is 2.70 bits per heavy atom. The minimum atomic E-state index is -2.62. The molecule has 1 aromatic rings. The molecule has 0 radical (unpaired) electrons. The van der Waals surface area contributed by atoms with E-state index in [9.17, 15) is 13.6 Å². The molecular weight excluding hydrogens is 306 g/mol. The molecule has 1 atom stereocenters. The van der Waals surface area contributed by atoms with E-state index < -0.39 is 5.92 Å². The van der Waals surface area contributed by atoms with Gasteiger partial charge in [0.25, 0.3) is 5.92 Å². The Kier molecular flexibility index (Phi) is 4.61. The zero-order chi connectivity index (χ0) is 16.4. The molecule has 6 nitrogen and oxygen atoms in total. The summed E-state index contributed by atoms with van der Waals surface area (Å²) in [6.07, 6.45) is 1.27. The minimum Gasteiger partial charge on any atom is -0.424 e. The lowest BCUT2D eigenvalue weighted by atomic mass is 9.95. The molecule has 0 saturated carbocycles. The molecule has 23 heavy (non-hydrogen) atoms. The van der Waals surface area contributed by atoms with Gasteiger partial charge in [0.15, 0.2) is 0 Å². The van der Waals surface area contributed by atoms with Gasteiger partial charge < -0.3 is 9.32 Å². The third-order valence-electron chi connectivity index (χ3n) is 4.59. The Morgan fingerprint density at radius 2 is 2.04 bits per heavy atom. The number of alkyl halides is 2. The van der Waals surface area contributed by atoms with Crippen LogP contribution in [0.3, 0.4) is 0 Å². The van der Waals surface area contributed by atoms with Gasteiger partial charge in [0, 0.05) is 39.4 Å². The third-order valence-corrected chi connectivity index (χ3v) is 4.59. The fourth-order valence-corrected chi connectivity index (χ4v) is 3.31. The van der Waals surface area contributed by atoms with Crippen LogP contribution >= 0.6 is 0 Å². The van der Waals surface area contributed by atoms with Crippen LogP contribution in [0.5, 0.6) is 0 Å². The van der Waals surface area contributed by atoms with Gasteiger partial charge in [-0.3, -0.25) is 9.69 Å².